The van der Waals surface area contributed by atoms with E-state index in [-0.39, 0.29) is 11.5 Å². The maximum absolute atomic E-state index is 12.0. The van der Waals surface area contributed by atoms with Gasteiger partial charge in [0.2, 0.25) is 5.56 Å². The molecule has 0 amide bonds. The van der Waals surface area contributed by atoms with Crippen LogP contribution < -0.4 is 5.56 Å². The van der Waals surface area contributed by atoms with Gasteiger partial charge in [0, 0.05) is 35.9 Å². The van der Waals surface area contributed by atoms with E-state index in [4.69, 9.17) is 4.99 Å². The Morgan fingerprint density at radius 1 is 1.10 bits per heavy atom. The molecule has 1 heterocycles. The summed E-state index contributed by atoms with van der Waals surface area (Å²) in [5.41, 5.74) is 5.48. The van der Waals surface area contributed by atoms with Crippen LogP contribution in [-0.4, -0.2) is 11.2 Å². The minimum Gasteiger partial charge on any atom is -0.326 e. The Hall–Kier alpha value is -3.46. The van der Waals surface area contributed by atoms with Crippen LogP contribution in [0.25, 0.3) is 16.8 Å². The van der Waals surface area contributed by atoms with Crippen molar-refractivity contribution in [3.8, 4) is 0 Å². The lowest BCUT2D eigenvalue weighted by Gasteiger charge is -2.45. The molecule has 1 N–H and O–H groups in total. The van der Waals surface area contributed by atoms with E-state index in [1.807, 2.05) is 18.4 Å². The maximum atomic E-state index is 12.0. The molecule has 0 spiro atoms. The number of aliphatic imine (C=N–C) groups is 1. The molecule has 2 unspecified atom stereocenters. The summed E-state index contributed by atoms with van der Waals surface area (Å²) in [4.78, 5) is 20.2. The van der Waals surface area contributed by atoms with Crippen molar-refractivity contribution in [2.24, 2.45) is 10.9 Å². The van der Waals surface area contributed by atoms with E-state index in [9.17, 15) is 4.79 Å². The quantitative estimate of drug-likeness (QED) is 0.422. The van der Waals surface area contributed by atoms with Crippen LogP contribution >= 0.6 is 0 Å². The summed E-state index contributed by atoms with van der Waals surface area (Å²) in [6.07, 6.45) is 12.3. The highest BCUT2D eigenvalue weighted by molar-refractivity contribution is 5.86. The Morgan fingerprint density at radius 3 is 2.77 bits per heavy atom. The van der Waals surface area contributed by atoms with Crippen LogP contribution in [-0.2, 0) is 12.0 Å². The second-order valence-electron chi connectivity index (χ2n) is 8.56. The predicted molar refractivity (Wildman–Crippen MR) is 130 cm³/mol. The number of hydrogen-bond donors (Lipinski definition) is 1. The van der Waals surface area contributed by atoms with Crippen LogP contribution in [0.1, 0.15) is 37.1 Å². The van der Waals surface area contributed by atoms with Crippen molar-refractivity contribution in [2.45, 2.75) is 32.2 Å². The first-order valence-electron chi connectivity index (χ1n) is 10.9. The molecule has 2 aliphatic carbocycles. The van der Waals surface area contributed by atoms with E-state index in [0.29, 0.717) is 0 Å². The fourth-order valence-electron chi connectivity index (χ4n) is 5.29. The zero-order valence-electron chi connectivity index (χ0n) is 17.9. The van der Waals surface area contributed by atoms with Gasteiger partial charge in [0.15, 0.2) is 0 Å². The molecule has 0 saturated heterocycles. The first-order valence-corrected chi connectivity index (χ1v) is 10.9. The monoisotopic (exact) mass is 406 g/mol. The van der Waals surface area contributed by atoms with Gasteiger partial charge >= 0.3 is 0 Å². The Balaban J connectivity index is 1.53. The molecule has 31 heavy (non-hydrogen) atoms. The van der Waals surface area contributed by atoms with Crippen LogP contribution in [0, 0.1) is 5.92 Å². The van der Waals surface area contributed by atoms with Crippen molar-refractivity contribution < 1.29 is 0 Å². The third-order valence-electron chi connectivity index (χ3n) is 6.52. The van der Waals surface area contributed by atoms with Gasteiger partial charge in [-0.2, -0.15) is 0 Å². The number of nitrogens with zero attached hydrogens (tertiary/aromatic N) is 1. The molecular formula is C28H26N2O. The lowest BCUT2D eigenvalue weighted by Crippen LogP contribution is -2.40. The molecule has 0 fully saturated rings. The number of fused-ring (bicyclic) bond motifs is 5. The topological polar surface area (TPSA) is 45.2 Å². The van der Waals surface area contributed by atoms with Crippen molar-refractivity contribution in [3.63, 3.8) is 0 Å². The third kappa shape index (κ3) is 3.40. The summed E-state index contributed by atoms with van der Waals surface area (Å²) in [6, 6.07) is 18.5. The number of rotatable bonds is 3. The van der Waals surface area contributed by atoms with E-state index < -0.39 is 5.54 Å². The molecular weight excluding hydrogens is 380 g/mol. The highest BCUT2D eigenvalue weighted by Gasteiger charge is 2.46. The number of aromatic nitrogens is 1. The number of hydrogen-bond acceptors (Lipinski definition) is 2. The van der Waals surface area contributed by atoms with Gasteiger partial charge in [-0.1, -0.05) is 60.2 Å². The summed E-state index contributed by atoms with van der Waals surface area (Å²) in [5.74, 6) is 0.283. The molecule has 3 heteroatoms. The second kappa shape index (κ2) is 7.66. The minimum absolute atomic E-state index is 0.0446. The van der Waals surface area contributed by atoms with Gasteiger partial charge in [-0.05, 0) is 60.4 Å². The molecule has 2 aliphatic rings. The Bertz CT molecular complexity index is 1340. The Kier molecular flexibility index (Phi) is 4.82. The van der Waals surface area contributed by atoms with Crippen LogP contribution in [0.3, 0.4) is 0 Å². The number of pyridine rings is 1. The first kappa shape index (κ1) is 19.5. The number of H-pyrrole nitrogens is 1. The van der Waals surface area contributed by atoms with Gasteiger partial charge in [-0.15, -0.1) is 0 Å². The molecule has 154 valence electrons. The summed E-state index contributed by atoms with van der Waals surface area (Å²) < 4.78 is 0. The van der Waals surface area contributed by atoms with Crippen LogP contribution in [0.4, 0.5) is 0 Å². The average molecular weight is 407 g/mol. The maximum Gasteiger partial charge on any atom is 0.248 e. The fourth-order valence-corrected chi connectivity index (χ4v) is 5.29. The molecule has 2 aromatic carbocycles. The summed E-state index contributed by atoms with van der Waals surface area (Å²) in [5, 5.41) is 2.48. The Labute approximate surface area is 182 Å². The standard InChI is InChI=1S/C28H26N2O/c1-3-24-23-15-19(2)18-28(24,25-12-13-27(31)30-26(25)17-23)29-14-6-7-20-10-11-21-8-4-5-9-22(21)16-20/h3-16,23H,17-18H2,1-2H3,(H,30,31)/b7-6+,24-3+,29-14?. The normalized spacial score (nSPS) is 24.1. The zero-order valence-corrected chi connectivity index (χ0v) is 17.9. The SMILES string of the molecule is C/C=C1\C2C=C(C)CC1(N=C/C=C/c1ccc3ccccc3c1)c1ccc(=O)[nH]c1C2. The predicted octanol–water partition coefficient (Wildman–Crippen LogP) is 5.98. The molecule has 0 radical (unpaired) electrons. The van der Waals surface area contributed by atoms with Crippen molar-refractivity contribution in [3.05, 3.63) is 111 Å². The van der Waals surface area contributed by atoms with Crippen molar-refractivity contribution in [1.29, 1.82) is 0 Å². The van der Waals surface area contributed by atoms with E-state index in [1.165, 1.54) is 21.9 Å². The van der Waals surface area contributed by atoms with Gasteiger partial charge in [0.1, 0.15) is 5.54 Å². The minimum atomic E-state index is -0.441. The van der Waals surface area contributed by atoms with E-state index in [2.05, 4.69) is 79.5 Å². The fraction of sp³-hybridized carbons (Fsp3) is 0.214. The summed E-state index contributed by atoms with van der Waals surface area (Å²) in [7, 11) is 0. The lowest BCUT2D eigenvalue weighted by molar-refractivity contribution is 0.413. The number of allylic oxidation sites excluding steroid dienone is 3. The van der Waals surface area contributed by atoms with Gasteiger partial charge in [0.05, 0.1) is 0 Å². The van der Waals surface area contributed by atoms with Crippen LogP contribution in [0.2, 0.25) is 0 Å². The zero-order chi connectivity index (χ0) is 21.4. The molecule has 1 aromatic heterocycles. The molecule has 3 aromatic rings. The first-order chi connectivity index (χ1) is 15.1. The van der Waals surface area contributed by atoms with Crippen molar-refractivity contribution >= 4 is 23.1 Å². The molecule has 0 saturated carbocycles. The molecule has 3 nitrogen and oxygen atoms in total. The average Bonchev–Trinajstić information content (AvgIpc) is 2.76. The number of aromatic amines is 1. The summed E-state index contributed by atoms with van der Waals surface area (Å²) >= 11 is 0. The molecule has 5 rings (SSSR count). The van der Waals surface area contributed by atoms with Gasteiger partial charge in [-0.3, -0.25) is 9.79 Å². The summed E-state index contributed by atoms with van der Waals surface area (Å²) in [6.45, 7) is 4.29. The number of benzene rings is 2. The smallest absolute Gasteiger partial charge is 0.248 e. The van der Waals surface area contributed by atoms with E-state index >= 15 is 0 Å². The van der Waals surface area contributed by atoms with Crippen LogP contribution in [0.5, 0.6) is 0 Å². The van der Waals surface area contributed by atoms with Crippen molar-refractivity contribution in [1.82, 2.24) is 4.98 Å². The van der Waals surface area contributed by atoms with Gasteiger partial charge in [-0.25, -0.2) is 0 Å². The van der Waals surface area contributed by atoms with Crippen LogP contribution in [0.15, 0.2) is 93.8 Å². The molecule has 2 atom stereocenters. The molecule has 2 bridgehead atoms. The molecule has 0 aliphatic heterocycles. The largest absolute Gasteiger partial charge is 0.326 e. The number of nitrogens with one attached hydrogen (secondary N) is 1. The van der Waals surface area contributed by atoms with E-state index in [0.717, 1.165) is 29.7 Å². The highest BCUT2D eigenvalue weighted by atomic mass is 16.1. The Morgan fingerprint density at radius 2 is 1.94 bits per heavy atom. The van der Waals surface area contributed by atoms with E-state index in [1.54, 1.807) is 6.07 Å². The van der Waals surface area contributed by atoms with Gasteiger partial charge < -0.3 is 4.98 Å². The lowest BCUT2D eigenvalue weighted by atomic mass is 9.63. The van der Waals surface area contributed by atoms with Crippen molar-refractivity contribution in [2.75, 3.05) is 0 Å². The van der Waals surface area contributed by atoms with Gasteiger partial charge in [0.25, 0.3) is 0 Å². The second-order valence-corrected chi connectivity index (χ2v) is 8.56. The highest BCUT2D eigenvalue weighted by Crippen LogP contribution is 2.51. The third-order valence-corrected chi connectivity index (χ3v) is 6.52.